The zero-order valence-electron chi connectivity index (χ0n) is 14.6. The van der Waals surface area contributed by atoms with Gasteiger partial charge in [-0.1, -0.05) is 42.5 Å². The molecule has 0 spiro atoms. The highest BCUT2D eigenvalue weighted by Gasteiger charge is 2.08. The van der Waals surface area contributed by atoms with Gasteiger partial charge in [-0.3, -0.25) is 15.1 Å². The van der Waals surface area contributed by atoms with Gasteiger partial charge < -0.3 is 4.42 Å². The number of nitrogens with zero attached hydrogens (tertiary/aromatic N) is 2. The van der Waals surface area contributed by atoms with Gasteiger partial charge in [-0.2, -0.15) is 0 Å². The molecule has 4 aromatic rings. The summed E-state index contributed by atoms with van der Waals surface area (Å²) in [5.74, 6) is 0. The molecule has 0 unspecified atom stereocenters. The van der Waals surface area contributed by atoms with Crippen LogP contribution in [0.1, 0.15) is 5.56 Å². The van der Waals surface area contributed by atoms with Gasteiger partial charge in [0.2, 0.25) is 0 Å². The van der Waals surface area contributed by atoms with Gasteiger partial charge in [0.1, 0.15) is 5.58 Å². The summed E-state index contributed by atoms with van der Waals surface area (Å²) in [6, 6.07) is 22.5. The second-order valence-electron chi connectivity index (χ2n) is 6.15. The monoisotopic (exact) mass is 370 g/mol. The molecule has 0 aliphatic heterocycles. The molecule has 0 N–H and O–H groups in total. The molecule has 1 heterocycles. The summed E-state index contributed by atoms with van der Waals surface area (Å²) in [6.07, 6.45) is 1.55. The number of rotatable bonds is 4. The van der Waals surface area contributed by atoms with Crippen LogP contribution in [0.15, 0.2) is 93.1 Å². The highest BCUT2D eigenvalue weighted by Crippen LogP contribution is 2.25. The maximum absolute atomic E-state index is 12.4. The molecule has 136 valence electrons. The first-order valence-corrected chi connectivity index (χ1v) is 8.52. The van der Waals surface area contributed by atoms with Crippen molar-refractivity contribution in [2.75, 3.05) is 0 Å². The van der Waals surface area contributed by atoms with Crippen LogP contribution in [0.5, 0.6) is 0 Å². The fraction of sp³-hybridized carbons (Fsp3) is 0. The second kappa shape index (κ2) is 7.28. The van der Waals surface area contributed by atoms with Crippen LogP contribution in [0.4, 0.5) is 11.4 Å². The van der Waals surface area contributed by atoms with Crippen molar-refractivity contribution in [1.29, 1.82) is 0 Å². The Labute approximate surface area is 159 Å². The first-order valence-electron chi connectivity index (χ1n) is 8.52. The molecule has 0 saturated heterocycles. The molecule has 0 amide bonds. The van der Waals surface area contributed by atoms with Gasteiger partial charge in [0.05, 0.1) is 16.2 Å². The zero-order valence-corrected chi connectivity index (χ0v) is 14.6. The Bertz CT molecular complexity index is 1270. The van der Waals surface area contributed by atoms with Crippen LogP contribution in [0, 0.1) is 10.1 Å². The van der Waals surface area contributed by atoms with Crippen LogP contribution in [-0.2, 0) is 0 Å². The molecule has 0 aliphatic rings. The Hall–Kier alpha value is -4.06. The molecule has 28 heavy (non-hydrogen) atoms. The van der Waals surface area contributed by atoms with Crippen molar-refractivity contribution in [2.45, 2.75) is 0 Å². The minimum absolute atomic E-state index is 0.00599. The van der Waals surface area contributed by atoms with Crippen LogP contribution in [0.2, 0.25) is 0 Å². The van der Waals surface area contributed by atoms with Gasteiger partial charge >= 0.3 is 5.63 Å². The minimum atomic E-state index is -0.447. The van der Waals surface area contributed by atoms with Gasteiger partial charge in [0.25, 0.3) is 5.69 Å². The van der Waals surface area contributed by atoms with Crippen LogP contribution in [-0.4, -0.2) is 11.1 Å². The normalized spacial score (nSPS) is 11.1. The number of hydrogen-bond acceptors (Lipinski definition) is 5. The van der Waals surface area contributed by atoms with E-state index in [1.54, 1.807) is 48.7 Å². The number of aliphatic imine (C=N–C) groups is 1. The van der Waals surface area contributed by atoms with Gasteiger partial charge in [0.15, 0.2) is 0 Å². The molecule has 6 nitrogen and oxygen atoms in total. The Balaban J connectivity index is 1.69. The molecule has 4 rings (SSSR count). The number of fused-ring (bicyclic) bond motifs is 1. The topological polar surface area (TPSA) is 85.7 Å². The molecule has 6 heteroatoms. The number of para-hydroxylation sites is 1. The lowest BCUT2D eigenvalue weighted by molar-refractivity contribution is -0.384. The zero-order chi connectivity index (χ0) is 19.5. The highest BCUT2D eigenvalue weighted by atomic mass is 16.6. The van der Waals surface area contributed by atoms with Crippen molar-refractivity contribution in [3.8, 4) is 11.1 Å². The highest BCUT2D eigenvalue weighted by molar-refractivity contribution is 5.84. The number of nitro groups is 1. The standard InChI is InChI=1S/C22H14N2O4/c25-22-20(13-17-6-1-2-10-21(17)28-22)16-7-4-8-18(12-16)23-14-15-5-3-9-19(11-15)24(26)27/h1-14H. The maximum Gasteiger partial charge on any atom is 0.344 e. The fourth-order valence-corrected chi connectivity index (χ4v) is 2.88. The van der Waals surface area contributed by atoms with Crippen LogP contribution in [0.3, 0.4) is 0 Å². The van der Waals surface area contributed by atoms with Crippen molar-refractivity contribution in [2.24, 2.45) is 4.99 Å². The van der Waals surface area contributed by atoms with Crippen LogP contribution < -0.4 is 5.63 Å². The largest absolute Gasteiger partial charge is 0.422 e. The lowest BCUT2D eigenvalue weighted by atomic mass is 10.1. The third-order valence-corrected chi connectivity index (χ3v) is 4.24. The molecular weight excluding hydrogens is 356 g/mol. The van der Waals surface area contributed by atoms with E-state index in [1.165, 1.54) is 12.1 Å². The van der Waals surface area contributed by atoms with Crippen molar-refractivity contribution < 1.29 is 9.34 Å². The molecule has 3 aromatic carbocycles. The Morgan fingerprint density at radius 3 is 2.61 bits per heavy atom. The van der Waals surface area contributed by atoms with Crippen LogP contribution in [0.25, 0.3) is 22.1 Å². The Kier molecular flexibility index (Phi) is 4.51. The fourth-order valence-electron chi connectivity index (χ4n) is 2.88. The van der Waals surface area contributed by atoms with Gasteiger partial charge in [-0.25, -0.2) is 4.79 Å². The summed E-state index contributed by atoms with van der Waals surface area (Å²) in [5, 5.41) is 11.7. The molecule has 0 aliphatic carbocycles. The number of benzene rings is 3. The average molecular weight is 370 g/mol. The molecule has 0 fully saturated rings. The second-order valence-corrected chi connectivity index (χ2v) is 6.15. The Morgan fingerprint density at radius 1 is 0.929 bits per heavy atom. The molecular formula is C22H14N2O4. The molecule has 0 atom stereocenters. The summed E-state index contributed by atoms with van der Waals surface area (Å²) in [5.41, 5.74) is 2.50. The smallest absolute Gasteiger partial charge is 0.344 e. The summed E-state index contributed by atoms with van der Waals surface area (Å²) in [4.78, 5) is 27.2. The predicted molar refractivity (Wildman–Crippen MR) is 108 cm³/mol. The van der Waals surface area contributed by atoms with E-state index in [1.807, 2.05) is 24.3 Å². The lowest BCUT2D eigenvalue weighted by Gasteiger charge is -2.03. The van der Waals surface area contributed by atoms with E-state index in [0.29, 0.717) is 28.0 Å². The van der Waals surface area contributed by atoms with Crippen molar-refractivity contribution in [1.82, 2.24) is 0 Å². The summed E-state index contributed by atoms with van der Waals surface area (Å²) >= 11 is 0. The summed E-state index contributed by atoms with van der Waals surface area (Å²) in [6.45, 7) is 0. The third kappa shape index (κ3) is 3.57. The van der Waals surface area contributed by atoms with E-state index in [4.69, 9.17) is 4.42 Å². The quantitative estimate of drug-likeness (QED) is 0.216. The summed E-state index contributed by atoms with van der Waals surface area (Å²) < 4.78 is 5.39. The maximum atomic E-state index is 12.4. The van der Waals surface area contributed by atoms with Crippen molar-refractivity contribution in [3.63, 3.8) is 0 Å². The lowest BCUT2D eigenvalue weighted by Crippen LogP contribution is -2.02. The molecule has 1 aromatic heterocycles. The van der Waals surface area contributed by atoms with Crippen molar-refractivity contribution >= 4 is 28.6 Å². The van der Waals surface area contributed by atoms with E-state index in [2.05, 4.69) is 4.99 Å². The van der Waals surface area contributed by atoms with Gasteiger partial charge in [-0.15, -0.1) is 0 Å². The average Bonchev–Trinajstić information content (AvgIpc) is 2.72. The van der Waals surface area contributed by atoms with Gasteiger partial charge in [0, 0.05) is 23.7 Å². The van der Waals surface area contributed by atoms with E-state index in [-0.39, 0.29) is 5.69 Å². The molecule has 0 bridgehead atoms. The molecule has 0 saturated carbocycles. The number of non-ortho nitro benzene ring substituents is 1. The number of hydrogen-bond donors (Lipinski definition) is 0. The molecule has 0 radical (unpaired) electrons. The first-order chi connectivity index (χ1) is 13.6. The first kappa shape index (κ1) is 17.4. The SMILES string of the molecule is O=c1oc2ccccc2cc1-c1cccc(N=Cc2cccc([N+](=O)[O-])c2)c1. The van der Waals surface area contributed by atoms with E-state index >= 15 is 0 Å². The number of nitro benzene ring substituents is 1. The van der Waals surface area contributed by atoms with Crippen LogP contribution >= 0.6 is 0 Å². The van der Waals surface area contributed by atoms with Crippen molar-refractivity contribution in [3.05, 3.63) is 105 Å². The van der Waals surface area contributed by atoms with Gasteiger partial charge in [-0.05, 0) is 35.4 Å². The van der Waals surface area contributed by atoms with E-state index < -0.39 is 10.5 Å². The predicted octanol–water partition coefficient (Wildman–Crippen LogP) is 5.12. The third-order valence-electron chi connectivity index (χ3n) is 4.24. The Morgan fingerprint density at radius 2 is 1.75 bits per heavy atom. The summed E-state index contributed by atoms with van der Waals surface area (Å²) in [7, 11) is 0. The van der Waals surface area contributed by atoms with E-state index in [0.717, 1.165) is 5.39 Å². The van der Waals surface area contributed by atoms with E-state index in [9.17, 15) is 14.9 Å². The minimum Gasteiger partial charge on any atom is -0.422 e.